The van der Waals surface area contributed by atoms with Crippen molar-refractivity contribution in [3.8, 4) is 0 Å². The Morgan fingerprint density at radius 1 is 1.29 bits per heavy atom. The number of hydrogen-bond acceptors (Lipinski definition) is 4. The molecule has 1 heterocycles. The zero-order valence-corrected chi connectivity index (χ0v) is 13.2. The third-order valence-electron chi connectivity index (χ3n) is 4.16. The summed E-state index contributed by atoms with van der Waals surface area (Å²) in [6.07, 6.45) is 4.22. The van der Waals surface area contributed by atoms with Crippen LogP contribution in [-0.4, -0.2) is 41.8 Å². The quantitative estimate of drug-likeness (QED) is 0.719. The lowest BCUT2D eigenvalue weighted by Gasteiger charge is -2.19. The van der Waals surface area contributed by atoms with Crippen LogP contribution in [0.4, 0.5) is 0 Å². The Labute approximate surface area is 131 Å². The molecule has 0 aromatic heterocycles. The number of carbonyl (C=O) groups is 3. The van der Waals surface area contributed by atoms with E-state index in [0.717, 1.165) is 30.6 Å². The molecule has 3 amide bonds. The molecule has 1 aliphatic heterocycles. The SMILES string of the molecule is CC(N)CCNC(=O)CN1C(=O)C2CCCCC2C1=O.Cl. The third-order valence-corrected chi connectivity index (χ3v) is 4.16. The summed E-state index contributed by atoms with van der Waals surface area (Å²) in [7, 11) is 0. The van der Waals surface area contributed by atoms with Crippen LogP contribution in [0.3, 0.4) is 0 Å². The molecule has 1 aliphatic carbocycles. The third kappa shape index (κ3) is 4.17. The molecule has 2 aliphatic rings. The topological polar surface area (TPSA) is 92.5 Å². The molecule has 21 heavy (non-hydrogen) atoms. The van der Waals surface area contributed by atoms with E-state index in [1.807, 2.05) is 6.92 Å². The highest BCUT2D eigenvalue weighted by Crippen LogP contribution is 2.37. The molecule has 2 fully saturated rings. The van der Waals surface area contributed by atoms with Crippen LogP contribution in [0.25, 0.3) is 0 Å². The Morgan fingerprint density at radius 3 is 2.29 bits per heavy atom. The number of nitrogens with zero attached hydrogens (tertiary/aromatic N) is 1. The Hall–Kier alpha value is -1.14. The predicted octanol–water partition coefficient (Wildman–Crippen LogP) is 0.437. The number of imide groups is 1. The number of likely N-dealkylation sites (tertiary alicyclic amines) is 1. The summed E-state index contributed by atoms with van der Waals surface area (Å²) in [6.45, 7) is 2.19. The first-order valence-electron chi connectivity index (χ1n) is 7.38. The second-order valence-corrected chi connectivity index (χ2v) is 5.88. The van der Waals surface area contributed by atoms with E-state index in [1.165, 1.54) is 0 Å². The highest BCUT2D eigenvalue weighted by molar-refractivity contribution is 6.07. The first-order chi connectivity index (χ1) is 9.50. The Morgan fingerprint density at radius 2 is 1.81 bits per heavy atom. The maximum Gasteiger partial charge on any atom is 0.240 e. The summed E-state index contributed by atoms with van der Waals surface area (Å²) in [5.41, 5.74) is 5.60. The monoisotopic (exact) mass is 317 g/mol. The molecule has 3 atom stereocenters. The molecular formula is C14H24ClN3O3. The average Bonchev–Trinajstić information content (AvgIpc) is 2.64. The predicted molar refractivity (Wildman–Crippen MR) is 80.7 cm³/mol. The maximum atomic E-state index is 12.2. The molecule has 0 radical (unpaired) electrons. The Bertz CT molecular complexity index is 390. The lowest BCUT2D eigenvalue weighted by molar-refractivity contribution is -0.143. The van der Waals surface area contributed by atoms with Crippen LogP contribution >= 0.6 is 12.4 Å². The van der Waals surface area contributed by atoms with Gasteiger partial charge in [-0.3, -0.25) is 19.3 Å². The van der Waals surface area contributed by atoms with Crippen molar-refractivity contribution >= 4 is 30.1 Å². The van der Waals surface area contributed by atoms with Gasteiger partial charge < -0.3 is 11.1 Å². The standard InChI is InChI=1S/C14H23N3O3.ClH/c1-9(15)6-7-16-12(18)8-17-13(19)10-4-2-3-5-11(10)14(17)20;/h9-11H,2-8,15H2,1H3,(H,16,18);1H. The van der Waals surface area contributed by atoms with Crippen LogP contribution in [0.2, 0.25) is 0 Å². The minimum Gasteiger partial charge on any atom is -0.354 e. The van der Waals surface area contributed by atoms with Crippen molar-refractivity contribution < 1.29 is 14.4 Å². The lowest BCUT2D eigenvalue weighted by Crippen LogP contribution is -2.41. The van der Waals surface area contributed by atoms with E-state index in [0.29, 0.717) is 13.0 Å². The summed E-state index contributed by atoms with van der Waals surface area (Å²) < 4.78 is 0. The lowest BCUT2D eigenvalue weighted by atomic mass is 9.81. The Kier molecular flexibility index (Phi) is 6.61. The molecule has 3 N–H and O–H groups in total. The molecule has 120 valence electrons. The van der Waals surface area contributed by atoms with Gasteiger partial charge in [0.1, 0.15) is 6.54 Å². The molecule has 0 spiro atoms. The largest absolute Gasteiger partial charge is 0.354 e. The van der Waals surface area contributed by atoms with E-state index in [4.69, 9.17) is 5.73 Å². The second-order valence-electron chi connectivity index (χ2n) is 5.88. The van der Waals surface area contributed by atoms with Gasteiger partial charge in [0.05, 0.1) is 11.8 Å². The van der Waals surface area contributed by atoms with Gasteiger partial charge in [-0.15, -0.1) is 12.4 Å². The van der Waals surface area contributed by atoms with Crippen molar-refractivity contribution in [2.75, 3.05) is 13.1 Å². The van der Waals surface area contributed by atoms with Crippen LogP contribution in [0.1, 0.15) is 39.0 Å². The van der Waals surface area contributed by atoms with Gasteiger partial charge in [-0.1, -0.05) is 12.8 Å². The number of amides is 3. The van der Waals surface area contributed by atoms with E-state index in [2.05, 4.69) is 5.32 Å². The van der Waals surface area contributed by atoms with Gasteiger partial charge in [0.2, 0.25) is 17.7 Å². The van der Waals surface area contributed by atoms with Crippen LogP contribution in [0.5, 0.6) is 0 Å². The van der Waals surface area contributed by atoms with Crippen LogP contribution in [-0.2, 0) is 14.4 Å². The first-order valence-corrected chi connectivity index (χ1v) is 7.38. The van der Waals surface area contributed by atoms with Gasteiger partial charge in [-0.25, -0.2) is 0 Å². The second kappa shape index (κ2) is 7.75. The van der Waals surface area contributed by atoms with Gasteiger partial charge in [0.15, 0.2) is 0 Å². The fraction of sp³-hybridized carbons (Fsp3) is 0.786. The van der Waals surface area contributed by atoms with E-state index < -0.39 is 0 Å². The molecule has 6 nitrogen and oxygen atoms in total. The minimum absolute atomic E-state index is 0. The number of nitrogens with one attached hydrogen (secondary N) is 1. The number of hydrogen-bond donors (Lipinski definition) is 2. The van der Waals surface area contributed by atoms with Gasteiger partial charge >= 0.3 is 0 Å². The number of rotatable bonds is 5. The molecule has 0 bridgehead atoms. The molecule has 1 saturated carbocycles. The molecule has 3 unspecified atom stereocenters. The molecular weight excluding hydrogens is 294 g/mol. The summed E-state index contributed by atoms with van der Waals surface area (Å²) in [6, 6.07) is 0.0215. The van der Waals surface area contributed by atoms with Crippen molar-refractivity contribution in [2.45, 2.75) is 45.1 Å². The van der Waals surface area contributed by atoms with Crippen LogP contribution < -0.4 is 11.1 Å². The molecule has 0 aromatic rings. The summed E-state index contributed by atoms with van der Waals surface area (Å²) >= 11 is 0. The zero-order valence-electron chi connectivity index (χ0n) is 12.3. The molecule has 2 rings (SSSR count). The highest BCUT2D eigenvalue weighted by Gasteiger charge is 2.48. The van der Waals surface area contributed by atoms with Gasteiger partial charge in [-0.05, 0) is 26.2 Å². The zero-order chi connectivity index (χ0) is 14.7. The van der Waals surface area contributed by atoms with Crippen molar-refractivity contribution in [1.82, 2.24) is 10.2 Å². The van der Waals surface area contributed by atoms with Gasteiger partial charge in [0, 0.05) is 12.6 Å². The fourth-order valence-corrected chi connectivity index (χ4v) is 3.03. The average molecular weight is 318 g/mol. The fourth-order valence-electron chi connectivity index (χ4n) is 3.03. The number of halogens is 1. The van der Waals surface area contributed by atoms with E-state index in [9.17, 15) is 14.4 Å². The van der Waals surface area contributed by atoms with Crippen molar-refractivity contribution in [1.29, 1.82) is 0 Å². The van der Waals surface area contributed by atoms with Gasteiger partial charge in [0.25, 0.3) is 0 Å². The van der Waals surface area contributed by atoms with Crippen molar-refractivity contribution in [3.63, 3.8) is 0 Å². The maximum absolute atomic E-state index is 12.2. The normalized spacial score (nSPS) is 26.1. The molecule has 1 saturated heterocycles. The number of nitrogens with two attached hydrogens (primary N) is 1. The molecule has 0 aromatic carbocycles. The van der Waals surface area contributed by atoms with E-state index >= 15 is 0 Å². The minimum atomic E-state index is -0.286. The van der Waals surface area contributed by atoms with Crippen molar-refractivity contribution in [3.05, 3.63) is 0 Å². The summed E-state index contributed by atoms with van der Waals surface area (Å²) in [5, 5.41) is 2.70. The van der Waals surface area contributed by atoms with Gasteiger partial charge in [-0.2, -0.15) is 0 Å². The smallest absolute Gasteiger partial charge is 0.240 e. The highest BCUT2D eigenvalue weighted by atomic mass is 35.5. The summed E-state index contributed by atoms with van der Waals surface area (Å²) in [5.74, 6) is -0.990. The number of carbonyl (C=O) groups excluding carboxylic acids is 3. The first kappa shape index (κ1) is 17.9. The number of fused-ring (bicyclic) bond motifs is 1. The molecule has 7 heteroatoms. The van der Waals surface area contributed by atoms with Crippen LogP contribution in [0.15, 0.2) is 0 Å². The van der Waals surface area contributed by atoms with Crippen LogP contribution in [0, 0.1) is 11.8 Å². The van der Waals surface area contributed by atoms with E-state index in [1.54, 1.807) is 0 Å². The summed E-state index contributed by atoms with van der Waals surface area (Å²) in [4.78, 5) is 37.3. The van der Waals surface area contributed by atoms with Crippen molar-refractivity contribution in [2.24, 2.45) is 17.6 Å². The Balaban J connectivity index is 0.00000220. The van der Waals surface area contributed by atoms with E-state index in [-0.39, 0.29) is 54.6 Å².